The molecule has 1 heterocycles. The Bertz CT molecular complexity index is 550. The molecule has 0 fully saturated rings. The number of rotatable bonds is 1. The predicted molar refractivity (Wildman–Crippen MR) is 81.8 cm³/mol. The van der Waals surface area contributed by atoms with Gasteiger partial charge >= 0.3 is 0 Å². The summed E-state index contributed by atoms with van der Waals surface area (Å²) in [5, 5.41) is 2.07. The molecular formula is C12H16Cl2N4O. The number of nitrogens with zero attached hydrogens (tertiary/aromatic N) is 2. The highest BCUT2D eigenvalue weighted by Gasteiger charge is 2.07. The summed E-state index contributed by atoms with van der Waals surface area (Å²) in [5.41, 5.74) is 11.8. The molecule has 0 spiro atoms. The molecule has 0 atom stereocenters. The van der Waals surface area contributed by atoms with Gasteiger partial charge in [-0.3, -0.25) is 4.79 Å². The standard InChI is InChI=1S/C10H10ClN.C2H5N3O.ClH/c1-7-8-5-3-4-6-9(8)12(2)10(7)11;3-2(4)5-1-6;/h3-6H,1-2H3;1H,(H4,3,4,5,6);1H. The lowest BCUT2D eigenvalue weighted by Gasteiger charge is -1.94. The largest absolute Gasteiger partial charge is 0.370 e. The number of aliphatic imine (C=N–C) groups is 1. The number of amides is 1. The van der Waals surface area contributed by atoms with Gasteiger partial charge in [0.2, 0.25) is 6.41 Å². The van der Waals surface area contributed by atoms with E-state index in [4.69, 9.17) is 23.1 Å². The molecule has 2 aromatic rings. The first-order valence-electron chi connectivity index (χ1n) is 5.21. The molecule has 19 heavy (non-hydrogen) atoms. The first-order chi connectivity index (χ1) is 8.49. The zero-order valence-electron chi connectivity index (χ0n) is 10.6. The van der Waals surface area contributed by atoms with Gasteiger partial charge in [-0.15, -0.1) is 12.4 Å². The SMILES string of the molecule is Cc1c(Cl)n(C)c2ccccc12.Cl.NC(N)=NC=O. The van der Waals surface area contributed by atoms with Crippen LogP contribution in [0.25, 0.3) is 10.9 Å². The number of hydrogen-bond donors (Lipinski definition) is 2. The van der Waals surface area contributed by atoms with E-state index >= 15 is 0 Å². The summed E-state index contributed by atoms with van der Waals surface area (Å²) in [7, 11) is 1.98. The lowest BCUT2D eigenvalue weighted by atomic mass is 10.2. The number of para-hydroxylation sites is 1. The lowest BCUT2D eigenvalue weighted by molar-refractivity contribution is -0.106. The van der Waals surface area contributed by atoms with Gasteiger partial charge in [-0.25, -0.2) is 0 Å². The van der Waals surface area contributed by atoms with E-state index in [1.165, 1.54) is 10.9 Å². The Balaban J connectivity index is 0.000000404. The Kier molecular flexibility index (Phi) is 6.96. The molecule has 0 radical (unpaired) electrons. The molecule has 1 aromatic heterocycles. The third-order valence-electron chi connectivity index (χ3n) is 2.48. The van der Waals surface area contributed by atoms with E-state index in [1.54, 1.807) is 0 Å². The number of halogens is 2. The Labute approximate surface area is 122 Å². The van der Waals surface area contributed by atoms with Crippen LogP contribution in [0.5, 0.6) is 0 Å². The van der Waals surface area contributed by atoms with Gasteiger partial charge in [0, 0.05) is 18.0 Å². The molecule has 0 unspecified atom stereocenters. The molecule has 0 saturated heterocycles. The fourth-order valence-corrected chi connectivity index (χ4v) is 1.81. The maximum atomic E-state index is 9.27. The summed E-state index contributed by atoms with van der Waals surface area (Å²) in [6.45, 7) is 2.05. The minimum Gasteiger partial charge on any atom is -0.370 e. The summed E-state index contributed by atoms with van der Waals surface area (Å²) >= 11 is 6.08. The van der Waals surface area contributed by atoms with Crippen molar-refractivity contribution in [2.24, 2.45) is 23.5 Å². The number of nitrogens with two attached hydrogens (primary N) is 2. The van der Waals surface area contributed by atoms with E-state index in [2.05, 4.69) is 17.1 Å². The van der Waals surface area contributed by atoms with Crippen molar-refractivity contribution in [2.45, 2.75) is 6.92 Å². The van der Waals surface area contributed by atoms with Crippen molar-refractivity contribution in [1.82, 2.24) is 4.57 Å². The monoisotopic (exact) mass is 302 g/mol. The van der Waals surface area contributed by atoms with Crippen molar-refractivity contribution in [2.75, 3.05) is 0 Å². The third-order valence-corrected chi connectivity index (χ3v) is 3.01. The van der Waals surface area contributed by atoms with Crippen LogP contribution in [0.4, 0.5) is 0 Å². The van der Waals surface area contributed by atoms with E-state index < -0.39 is 0 Å². The molecule has 7 heteroatoms. The molecule has 4 N–H and O–H groups in total. The summed E-state index contributed by atoms with van der Waals surface area (Å²) in [4.78, 5) is 12.2. The Morgan fingerprint density at radius 1 is 1.37 bits per heavy atom. The minimum absolute atomic E-state index is 0. The van der Waals surface area contributed by atoms with Crippen LogP contribution in [-0.2, 0) is 11.8 Å². The topological polar surface area (TPSA) is 86.4 Å². The molecule has 0 aliphatic rings. The Morgan fingerprint density at radius 2 is 1.95 bits per heavy atom. The Hall–Kier alpha value is -1.72. The molecule has 0 bridgehead atoms. The first-order valence-corrected chi connectivity index (χ1v) is 5.58. The highest BCUT2D eigenvalue weighted by Crippen LogP contribution is 2.27. The molecule has 0 aliphatic carbocycles. The number of aryl methyl sites for hydroxylation is 2. The van der Waals surface area contributed by atoms with Gasteiger partial charge in [-0.05, 0) is 18.6 Å². The molecule has 1 amide bonds. The van der Waals surface area contributed by atoms with Crippen LogP contribution in [-0.4, -0.2) is 16.9 Å². The van der Waals surface area contributed by atoms with Gasteiger partial charge in [0.1, 0.15) is 5.15 Å². The number of carbonyl (C=O) groups is 1. The van der Waals surface area contributed by atoms with E-state index in [-0.39, 0.29) is 24.8 Å². The van der Waals surface area contributed by atoms with Crippen molar-refractivity contribution in [1.29, 1.82) is 0 Å². The van der Waals surface area contributed by atoms with Crippen molar-refractivity contribution < 1.29 is 4.79 Å². The van der Waals surface area contributed by atoms with Crippen molar-refractivity contribution in [3.8, 4) is 0 Å². The lowest BCUT2D eigenvalue weighted by Crippen LogP contribution is -2.22. The molecular weight excluding hydrogens is 287 g/mol. The third kappa shape index (κ3) is 4.15. The average molecular weight is 303 g/mol. The van der Waals surface area contributed by atoms with Crippen LogP contribution in [0.1, 0.15) is 5.56 Å². The number of benzene rings is 1. The molecule has 1 aromatic carbocycles. The normalized spacial score (nSPS) is 9.00. The van der Waals surface area contributed by atoms with Gasteiger partial charge < -0.3 is 16.0 Å². The zero-order chi connectivity index (χ0) is 13.7. The fourth-order valence-electron chi connectivity index (χ4n) is 1.61. The number of aromatic nitrogens is 1. The smallest absolute Gasteiger partial charge is 0.236 e. The van der Waals surface area contributed by atoms with Crippen LogP contribution >= 0.6 is 24.0 Å². The summed E-state index contributed by atoms with van der Waals surface area (Å²) < 4.78 is 2.01. The maximum Gasteiger partial charge on any atom is 0.236 e. The van der Waals surface area contributed by atoms with Crippen molar-refractivity contribution in [3.05, 3.63) is 35.0 Å². The zero-order valence-corrected chi connectivity index (χ0v) is 12.2. The molecule has 0 saturated carbocycles. The van der Waals surface area contributed by atoms with Crippen LogP contribution in [0.2, 0.25) is 5.15 Å². The van der Waals surface area contributed by atoms with Crippen LogP contribution in [0.15, 0.2) is 29.3 Å². The quantitative estimate of drug-likeness (QED) is 0.480. The second-order valence-corrected chi connectivity index (χ2v) is 4.01. The fraction of sp³-hybridized carbons (Fsp3) is 0.167. The predicted octanol–water partition coefficient (Wildman–Crippen LogP) is 1.98. The van der Waals surface area contributed by atoms with E-state index in [9.17, 15) is 4.79 Å². The second kappa shape index (κ2) is 7.66. The number of carbonyl (C=O) groups excluding carboxylic acids is 1. The summed E-state index contributed by atoms with van der Waals surface area (Å²) in [5.74, 6) is -0.204. The van der Waals surface area contributed by atoms with Crippen molar-refractivity contribution in [3.63, 3.8) is 0 Å². The van der Waals surface area contributed by atoms with Crippen LogP contribution in [0, 0.1) is 6.92 Å². The van der Waals surface area contributed by atoms with Crippen LogP contribution in [0.3, 0.4) is 0 Å². The number of guanidine groups is 1. The van der Waals surface area contributed by atoms with Gasteiger partial charge in [0.05, 0.1) is 0 Å². The second-order valence-electron chi connectivity index (χ2n) is 3.65. The van der Waals surface area contributed by atoms with E-state index in [0.29, 0.717) is 0 Å². The minimum atomic E-state index is -0.204. The van der Waals surface area contributed by atoms with Gasteiger partial charge in [0.25, 0.3) is 0 Å². The van der Waals surface area contributed by atoms with Gasteiger partial charge in [-0.2, -0.15) is 4.99 Å². The number of fused-ring (bicyclic) bond motifs is 1. The average Bonchev–Trinajstić information content (AvgIpc) is 2.56. The highest BCUT2D eigenvalue weighted by molar-refractivity contribution is 6.32. The summed E-state index contributed by atoms with van der Waals surface area (Å²) in [6.07, 6.45) is 0.287. The first kappa shape index (κ1) is 17.3. The molecule has 2 rings (SSSR count). The molecule has 5 nitrogen and oxygen atoms in total. The highest BCUT2D eigenvalue weighted by atomic mass is 35.5. The van der Waals surface area contributed by atoms with Gasteiger partial charge in [0.15, 0.2) is 5.96 Å². The summed E-state index contributed by atoms with van der Waals surface area (Å²) in [6, 6.07) is 8.23. The molecule has 104 valence electrons. The van der Waals surface area contributed by atoms with E-state index in [1.807, 2.05) is 30.7 Å². The number of hydrogen-bond acceptors (Lipinski definition) is 1. The Morgan fingerprint density at radius 3 is 2.37 bits per heavy atom. The molecule has 0 aliphatic heterocycles. The van der Waals surface area contributed by atoms with Gasteiger partial charge in [-0.1, -0.05) is 29.8 Å². The van der Waals surface area contributed by atoms with Crippen LogP contribution < -0.4 is 11.5 Å². The van der Waals surface area contributed by atoms with E-state index in [0.717, 1.165) is 10.7 Å². The maximum absolute atomic E-state index is 9.27. The van der Waals surface area contributed by atoms with Crippen molar-refractivity contribution >= 4 is 47.3 Å².